The molecule has 0 aromatic heterocycles. The van der Waals surface area contributed by atoms with Crippen LogP contribution in [0.5, 0.6) is 0 Å². The van der Waals surface area contributed by atoms with Crippen molar-refractivity contribution in [1.82, 2.24) is 4.90 Å². The Bertz CT molecular complexity index is 611. The first-order chi connectivity index (χ1) is 11.7. The Labute approximate surface area is 143 Å². The molecule has 0 unspecified atom stereocenters. The molecule has 0 amide bonds. The van der Waals surface area contributed by atoms with Gasteiger partial charge in [-0.1, -0.05) is 48.9 Å². The van der Waals surface area contributed by atoms with Crippen LogP contribution in [-0.2, 0) is 13.1 Å². The Kier molecular flexibility index (Phi) is 7.46. The van der Waals surface area contributed by atoms with Crippen LogP contribution in [0.3, 0.4) is 0 Å². The molecule has 0 spiro atoms. The van der Waals surface area contributed by atoms with E-state index in [4.69, 9.17) is 10.8 Å². The predicted octanol–water partition coefficient (Wildman–Crippen LogP) is 3.52. The maximum Gasteiger partial charge on any atom is 0.335 e. The highest BCUT2D eigenvalue weighted by atomic mass is 16.4. The van der Waals surface area contributed by atoms with Gasteiger partial charge < -0.3 is 10.8 Å². The molecule has 0 heterocycles. The largest absolute Gasteiger partial charge is 0.478 e. The number of hydrogen-bond donors (Lipinski definition) is 2. The van der Waals surface area contributed by atoms with Gasteiger partial charge in [0.25, 0.3) is 0 Å². The number of benzene rings is 2. The Balaban J connectivity index is 1.99. The van der Waals surface area contributed by atoms with Crippen LogP contribution in [0.4, 0.5) is 0 Å². The topological polar surface area (TPSA) is 66.6 Å². The van der Waals surface area contributed by atoms with Crippen molar-refractivity contribution in [2.75, 3.05) is 13.1 Å². The Morgan fingerprint density at radius 1 is 0.875 bits per heavy atom. The van der Waals surface area contributed by atoms with Gasteiger partial charge in [-0.05, 0) is 49.2 Å². The summed E-state index contributed by atoms with van der Waals surface area (Å²) in [5, 5.41) is 9.00. The summed E-state index contributed by atoms with van der Waals surface area (Å²) >= 11 is 0. The van der Waals surface area contributed by atoms with E-state index in [0.29, 0.717) is 5.56 Å². The lowest BCUT2D eigenvalue weighted by Crippen LogP contribution is -2.24. The molecule has 0 saturated heterocycles. The van der Waals surface area contributed by atoms with Crippen molar-refractivity contribution >= 4 is 5.97 Å². The molecule has 0 aliphatic heterocycles. The van der Waals surface area contributed by atoms with E-state index in [0.717, 1.165) is 51.0 Å². The fourth-order valence-electron chi connectivity index (χ4n) is 2.72. The Hall–Kier alpha value is -2.17. The summed E-state index contributed by atoms with van der Waals surface area (Å²) in [7, 11) is 0. The van der Waals surface area contributed by atoms with Crippen LogP contribution in [0, 0.1) is 0 Å². The molecule has 2 aromatic carbocycles. The molecule has 0 fully saturated rings. The highest BCUT2D eigenvalue weighted by molar-refractivity contribution is 5.87. The van der Waals surface area contributed by atoms with Gasteiger partial charge in [-0.2, -0.15) is 0 Å². The number of aromatic carboxylic acids is 1. The van der Waals surface area contributed by atoms with E-state index < -0.39 is 5.97 Å². The average Bonchev–Trinajstić information content (AvgIpc) is 2.60. The normalized spacial score (nSPS) is 10.9. The van der Waals surface area contributed by atoms with Crippen molar-refractivity contribution in [2.24, 2.45) is 5.73 Å². The van der Waals surface area contributed by atoms with Gasteiger partial charge in [-0.25, -0.2) is 4.79 Å². The highest BCUT2D eigenvalue weighted by Crippen LogP contribution is 2.13. The van der Waals surface area contributed by atoms with Crippen LogP contribution in [0.15, 0.2) is 54.6 Å². The van der Waals surface area contributed by atoms with E-state index in [-0.39, 0.29) is 0 Å². The molecule has 0 aliphatic carbocycles. The van der Waals surface area contributed by atoms with Crippen LogP contribution in [0.25, 0.3) is 0 Å². The Morgan fingerprint density at radius 3 is 2.08 bits per heavy atom. The number of nitrogens with two attached hydrogens (primary N) is 1. The molecule has 128 valence electrons. The first-order valence-corrected chi connectivity index (χ1v) is 8.47. The molecule has 0 radical (unpaired) electrons. The van der Waals surface area contributed by atoms with Gasteiger partial charge in [0.2, 0.25) is 0 Å². The molecule has 4 heteroatoms. The lowest BCUT2D eigenvalue weighted by atomic mass is 10.1. The molecular formula is C20H26N2O2. The smallest absolute Gasteiger partial charge is 0.335 e. The van der Waals surface area contributed by atoms with E-state index in [2.05, 4.69) is 29.2 Å². The first-order valence-electron chi connectivity index (χ1n) is 8.47. The molecule has 24 heavy (non-hydrogen) atoms. The summed E-state index contributed by atoms with van der Waals surface area (Å²) in [6.45, 7) is 3.46. The van der Waals surface area contributed by atoms with Gasteiger partial charge in [0.15, 0.2) is 0 Å². The summed E-state index contributed by atoms with van der Waals surface area (Å²) in [6.07, 6.45) is 3.32. The number of rotatable bonds is 10. The second-order valence-electron chi connectivity index (χ2n) is 6.05. The van der Waals surface area contributed by atoms with Gasteiger partial charge in [0.05, 0.1) is 5.56 Å². The van der Waals surface area contributed by atoms with Crippen molar-refractivity contribution in [2.45, 2.75) is 32.4 Å². The molecule has 0 aliphatic rings. The molecule has 0 atom stereocenters. The SMILES string of the molecule is NCCCCCN(Cc1ccccc1)Cc1ccc(C(=O)O)cc1. The number of unbranched alkanes of at least 4 members (excludes halogenated alkanes) is 2. The van der Waals surface area contributed by atoms with Crippen molar-refractivity contribution in [3.63, 3.8) is 0 Å². The van der Waals surface area contributed by atoms with E-state index >= 15 is 0 Å². The van der Waals surface area contributed by atoms with Crippen LogP contribution in [0.1, 0.15) is 40.7 Å². The molecule has 3 N–H and O–H groups in total. The third-order valence-electron chi connectivity index (χ3n) is 4.03. The van der Waals surface area contributed by atoms with Crippen LogP contribution >= 0.6 is 0 Å². The van der Waals surface area contributed by atoms with Crippen molar-refractivity contribution in [1.29, 1.82) is 0 Å². The van der Waals surface area contributed by atoms with E-state index in [9.17, 15) is 4.79 Å². The van der Waals surface area contributed by atoms with Gasteiger partial charge in [0.1, 0.15) is 0 Å². The maximum absolute atomic E-state index is 11.0. The average molecular weight is 326 g/mol. The monoisotopic (exact) mass is 326 g/mol. The predicted molar refractivity (Wildman–Crippen MR) is 96.9 cm³/mol. The zero-order valence-electron chi connectivity index (χ0n) is 14.0. The van der Waals surface area contributed by atoms with E-state index in [1.165, 1.54) is 5.56 Å². The van der Waals surface area contributed by atoms with E-state index in [1.807, 2.05) is 18.2 Å². The minimum Gasteiger partial charge on any atom is -0.478 e. The van der Waals surface area contributed by atoms with Crippen LogP contribution in [0.2, 0.25) is 0 Å². The lowest BCUT2D eigenvalue weighted by molar-refractivity contribution is 0.0697. The number of carboxylic acids is 1. The van der Waals surface area contributed by atoms with Crippen LogP contribution in [-0.4, -0.2) is 29.1 Å². The summed E-state index contributed by atoms with van der Waals surface area (Å²) in [4.78, 5) is 13.4. The zero-order valence-corrected chi connectivity index (χ0v) is 14.0. The van der Waals surface area contributed by atoms with Crippen molar-refractivity contribution in [3.8, 4) is 0 Å². The highest BCUT2D eigenvalue weighted by Gasteiger charge is 2.08. The van der Waals surface area contributed by atoms with Gasteiger partial charge in [-0.15, -0.1) is 0 Å². The number of carbonyl (C=O) groups is 1. The standard InChI is InChI=1S/C20H26N2O2/c21-13-5-2-6-14-22(15-17-7-3-1-4-8-17)16-18-9-11-19(12-10-18)20(23)24/h1,3-4,7-12H,2,5-6,13-16,21H2,(H,23,24). The maximum atomic E-state index is 11.0. The summed E-state index contributed by atoms with van der Waals surface area (Å²) in [5.74, 6) is -0.885. The van der Waals surface area contributed by atoms with Gasteiger partial charge in [-0.3, -0.25) is 4.90 Å². The van der Waals surface area contributed by atoms with Gasteiger partial charge >= 0.3 is 5.97 Å². The molecule has 0 saturated carbocycles. The minimum absolute atomic E-state index is 0.330. The van der Waals surface area contributed by atoms with Crippen molar-refractivity contribution < 1.29 is 9.90 Å². The Morgan fingerprint density at radius 2 is 1.50 bits per heavy atom. The molecule has 0 bridgehead atoms. The zero-order chi connectivity index (χ0) is 17.2. The first kappa shape index (κ1) is 18.2. The number of carboxylic acid groups (broad SMARTS) is 1. The minimum atomic E-state index is -0.885. The molecule has 4 nitrogen and oxygen atoms in total. The quantitative estimate of drug-likeness (QED) is 0.656. The summed E-state index contributed by atoms with van der Waals surface area (Å²) in [5.41, 5.74) is 8.32. The fourth-order valence-corrected chi connectivity index (χ4v) is 2.72. The fraction of sp³-hybridized carbons (Fsp3) is 0.350. The third kappa shape index (κ3) is 6.14. The second kappa shape index (κ2) is 9.85. The molecule has 2 aromatic rings. The lowest BCUT2D eigenvalue weighted by Gasteiger charge is -2.22. The van der Waals surface area contributed by atoms with E-state index in [1.54, 1.807) is 12.1 Å². The second-order valence-corrected chi connectivity index (χ2v) is 6.05. The summed E-state index contributed by atoms with van der Waals surface area (Å²) < 4.78 is 0. The van der Waals surface area contributed by atoms with Crippen molar-refractivity contribution in [3.05, 3.63) is 71.3 Å². The van der Waals surface area contributed by atoms with Gasteiger partial charge in [0, 0.05) is 13.1 Å². The summed E-state index contributed by atoms with van der Waals surface area (Å²) in [6, 6.07) is 17.6. The van der Waals surface area contributed by atoms with Crippen LogP contribution < -0.4 is 5.73 Å². The third-order valence-corrected chi connectivity index (χ3v) is 4.03. The number of nitrogens with zero attached hydrogens (tertiary/aromatic N) is 1. The molecule has 2 rings (SSSR count). The number of hydrogen-bond acceptors (Lipinski definition) is 3. The molecular weight excluding hydrogens is 300 g/mol.